The van der Waals surface area contributed by atoms with Crippen molar-refractivity contribution in [3.63, 3.8) is 0 Å². The topological polar surface area (TPSA) is 49.8 Å². The fourth-order valence-corrected chi connectivity index (χ4v) is 2.84. The van der Waals surface area contributed by atoms with Gasteiger partial charge in [-0.15, -0.1) is 11.8 Å². The molecule has 0 bridgehead atoms. The van der Waals surface area contributed by atoms with Gasteiger partial charge < -0.3 is 5.73 Å². The first-order chi connectivity index (χ1) is 9.11. The zero-order valence-corrected chi connectivity index (χ0v) is 11.9. The van der Waals surface area contributed by atoms with Gasteiger partial charge >= 0.3 is 0 Å². The second kappa shape index (κ2) is 6.10. The highest BCUT2D eigenvalue weighted by Gasteiger charge is 2.15. The van der Waals surface area contributed by atoms with Crippen LogP contribution in [0, 0.1) is 11.3 Å². The van der Waals surface area contributed by atoms with Crippen LogP contribution in [-0.4, -0.2) is 11.3 Å². The van der Waals surface area contributed by atoms with E-state index in [1.807, 2.05) is 11.8 Å². The van der Waals surface area contributed by atoms with Crippen molar-refractivity contribution < 1.29 is 0 Å². The molecule has 2 aromatic rings. The molecule has 2 rings (SSSR count). The lowest BCUT2D eigenvalue weighted by Crippen LogP contribution is -2.33. The van der Waals surface area contributed by atoms with E-state index in [-0.39, 0.29) is 0 Å². The van der Waals surface area contributed by atoms with Gasteiger partial charge in [0.25, 0.3) is 0 Å². The monoisotopic (exact) mass is 270 g/mol. The number of nitriles is 1. The van der Waals surface area contributed by atoms with E-state index in [9.17, 15) is 0 Å². The van der Waals surface area contributed by atoms with Crippen molar-refractivity contribution >= 4 is 22.5 Å². The Bertz CT molecular complexity index is 599. The summed E-state index contributed by atoms with van der Waals surface area (Å²) >= 11 is 1.82. The van der Waals surface area contributed by atoms with Crippen LogP contribution in [-0.2, 0) is 0 Å². The van der Waals surface area contributed by atoms with Gasteiger partial charge in [-0.25, -0.2) is 0 Å². The molecule has 0 saturated carbocycles. The summed E-state index contributed by atoms with van der Waals surface area (Å²) in [6.07, 6.45) is 1.70. The maximum atomic E-state index is 8.85. The van der Waals surface area contributed by atoms with Crippen LogP contribution in [0.5, 0.6) is 0 Å². The number of rotatable bonds is 5. The Kier molecular flexibility index (Phi) is 4.47. The molecule has 0 aliphatic heterocycles. The summed E-state index contributed by atoms with van der Waals surface area (Å²) in [6.45, 7) is 1.79. The predicted octanol–water partition coefficient (Wildman–Crippen LogP) is 3.95. The normalized spacial score (nSPS) is 13.9. The molecule has 2 aromatic carbocycles. The molecule has 0 saturated heterocycles. The number of fused-ring (bicyclic) bond motifs is 1. The first kappa shape index (κ1) is 13.9. The van der Waals surface area contributed by atoms with Crippen molar-refractivity contribution in [3.05, 3.63) is 42.5 Å². The Morgan fingerprint density at radius 3 is 2.68 bits per heavy atom. The first-order valence-corrected chi connectivity index (χ1v) is 7.41. The van der Waals surface area contributed by atoms with Gasteiger partial charge in [-0.3, -0.25) is 0 Å². The van der Waals surface area contributed by atoms with Crippen molar-refractivity contribution in [2.75, 3.05) is 5.75 Å². The van der Waals surface area contributed by atoms with Crippen LogP contribution >= 0.6 is 11.8 Å². The minimum absolute atomic E-state index is 0.691. The number of benzene rings is 2. The zero-order chi connectivity index (χ0) is 13.7. The lowest BCUT2D eigenvalue weighted by molar-refractivity contribution is 0.540. The highest BCUT2D eigenvalue weighted by molar-refractivity contribution is 7.99. The van der Waals surface area contributed by atoms with Gasteiger partial charge in [0.05, 0.1) is 6.07 Å². The summed E-state index contributed by atoms with van der Waals surface area (Å²) in [5.74, 6) is 0.993. The molecule has 0 aromatic heterocycles. The van der Waals surface area contributed by atoms with Crippen LogP contribution in [0.25, 0.3) is 10.8 Å². The third-order valence-electron chi connectivity index (χ3n) is 3.09. The molecule has 0 fully saturated rings. The average Bonchev–Trinajstić information content (AvgIpc) is 2.43. The molecule has 1 atom stereocenters. The SMILES string of the molecule is CC(N)(C#N)CCCSc1ccc2ccccc2c1. The van der Waals surface area contributed by atoms with Crippen LogP contribution in [0.4, 0.5) is 0 Å². The number of hydrogen-bond acceptors (Lipinski definition) is 3. The van der Waals surface area contributed by atoms with Crippen molar-refractivity contribution in [2.45, 2.75) is 30.2 Å². The molecule has 0 amide bonds. The van der Waals surface area contributed by atoms with Gasteiger partial charge in [0.2, 0.25) is 0 Å². The Morgan fingerprint density at radius 1 is 1.21 bits per heavy atom. The molecule has 0 aliphatic carbocycles. The van der Waals surface area contributed by atoms with E-state index in [0.29, 0.717) is 0 Å². The molecule has 2 N–H and O–H groups in total. The van der Waals surface area contributed by atoms with Gasteiger partial charge in [0.15, 0.2) is 0 Å². The van der Waals surface area contributed by atoms with Crippen LogP contribution in [0.3, 0.4) is 0 Å². The molecular formula is C16H18N2S. The molecule has 98 valence electrons. The number of nitrogens with two attached hydrogens (primary N) is 1. The highest BCUT2D eigenvalue weighted by Crippen LogP contribution is 2.25. The van der Waals surface area contributed by atoms with Crippen molar-refractivity contribution in [1.29, 1.82) is 5.26 Å². The molecular weight excluding hydrogens is 252 g/mol. The van der Waals surface area contributed by atoms with Gasteiger partial charge in [0.1, 0.15) is 5.54 Å². The zero-order valence-electron chi connectivity index (χ0n) is 11.1. The Hall–Kier alpha value is -1.50. The average molecular weight is 270 g/mol. The van der Waals surface area contributed by atoms with E-state index >= 15 is 0 Å². The molecule has 0 heterocycles. The standard InChI is InChI=1S/C16H18N2S/c1-16(18,12-17)9-4-10-19-15-8-7-13-5-2-3-6-14(13)11-15/h2-3,5-8,11H,4,9-10,18H2,1H3. The van der Waals surface area contributed by atoms with Crippen LogP contribution < -0.4 is 5.73 Å². The third kappa shape index (κ3) is 3.99. The minimum Gasteiger partial charge on any atom is -0.314 e. The van der Waals surface area contributed by atoms with Gasteiger partial charge in [-0.1, -0.05) is 30.3 Å². The summed E-state index contributed by atoms with van der Waals surface area (Å²) < 4.78 is 0. The van der Waals surface area contributed by atoms with E-state index in [2.05, 4.69) is 48.5 Å². The fourth-order valence-electron chi connectivity index (χ4n) is 1.94. The van der Waals surface area contributed by atoms with E-state index in [1.54, 1.807) is 6.92 Å². The Balaban J connectivity index is 1.90. The quantitative estimate of drug-likeness (QED) is 0.661. The molecule has 1 unspecified atom stereocenters. The van der Waals surface area contributed by atoms with Gasteiger partial charge in [-0.05, 0) is 48.4 Å². The summed E-state index contributed by atoms with van der Waals surface area (Å²) in [5.41, 5.74) is 5.11. The summed E-state index contributed by atoms with van der Waals surface area (Å²) in [5, 5.41) is 11.4. The first-order valence-electron chi connectivity index (χ1n) is 6.42. The lowest BCUT2D eigenvalue weighted by atomic mass is 10.0. The molecule has 0 aliphatic rings. The van der Waals surface area contributed by atoms with Gasteiger partial charge in [-0.2, -0.15) is 5.26 Å². The van der Waals surface area contributed by atoms with Crippen LogP contribution in [0.2, 0.25) is 0 Å². The molecule has 19 heavy (non-hydrogen) atoms. The second-order valence-corrected chi connectivity index (χ2v) is 6.16. The molecule has 0 radical (unpaired) electrons. The summed E-state index contributed by atoms with van der Waals surface area (Å²) in [6, 6.07) is 17.0. The van der Waals surface area contributed by atoms with E-state index in [1.165, 1.54) is 15.7 Å². The van der Waals surface area contributed by atoms with Crippen LogP contribution in [0.1, 0.15) is 19.8 Å². The largest absolute Gasteiger partial charge is 0.314 e. The number of nitrogens with zero attached hydrogens (tertiary/aromatic N) is 1. The van der Waals surface area contributed by atoms with Gasteiger partial charge in [0, 0.05) is 4.90 Å². The summed E-state index contributed by atoms with van der Waals surface area (Å²) in [7, 11) is 0. The van der Waals surface area contributed by atoms with E-state index in [0.717, 1.165) is 18.6 Å². The minimum atomic E-state index is -0.691. The third-order valence-corrected chi connectivity index (χ3v) is 4.17. The second-order valence-electron chi connectivity index (χ2n) is 4.99. The Labute approximate surface area is 118 Å². The van der Waals surface area contributed by atoms with Crippen LogP contribution in [0.15, 0.2) is 47.4 Å². The van der Waals surface area contributed by atoms with Crippen molar-refractivity contribution in [3.8, 4) is 6.07 Å². The Morgan fingerprint density at radius 2 is 1.95 bits per heavy atom. The molecule has 2 nitrogen and oxygen atoms in total. The maximum Gasteiger partial charge on any atom is 0.101 e. The van der Waals surface area contributed by atoms with Crippen molar-refractivity contribution in [2.24, 2.45) is 5.73 Å². The smallest absolute Gasteiger partial charge is 0.101 e. The fraction of sp³-hybridized carbons (Fsp3) is 0.312. The lowest BCUT2D eigenvalue weighted by Gasteiger charge is -2.14. The number of thioether (sulfide) groups is 1. The van der Waals surface area contributed by atoms with E-state index < -0.39 is 5.54 Å². The summed E-state index contributed by atoms with van der Waals surface area (Å²) in [4.78, 5) is 1.27. The number of hydrogen-bond donors (Lipinski definition) is 1. The maximum absolute atomic E-state index is 8.85. The van der Waals surface area contributed by atoms with Crippen molar-refractivity contribution in [1.82, 2.24) is 0 Å². The molecule has 3 heteroatoms. The molecule has 0 spiro atoms. The predicted molar refractivity (Wildman–Crippen MR) is 82.1 cm³/mol. The van der Waals surface area contributed by atoms with E-state index in [4.69, 9.17) is 11.0 Å². The highest BCUT2D eigenvalue weighted by atomic mass is 32.2.